The number of halogens is 2. The van der Waals surface area contributed by atoms with Gasteiger partial charge in [-0.15, -0.1) is 0 Å². The molecule has 2 aromatic carbocycles. The monoisotopic (exact) mass is 468 g/mol. The lowest BCUT2D eigenvalue weighted by molar-refractivity contribution is 0.0687. The van der Waals surface area contributed by atoms with Crippen molar-refractivity contribution in [3.8, 4) is 17.0 Å². The molecular weight excluding hydrogens is 443 g/mol. The van der Waals surface area contributed by atoms with E-state index >= 15 is 0 Å². The summed E-state index contributed by atoms with van der Waals surface area (Å²) in [6, 6.07) is 13.8. The Hall–Kier alpha value is -3.38. The molecular formula is C26H26ClFN2O3. The van der Waals surface area contributed by atoms with Crippen LogP contribution in [0.1, 0.15) is 42.4 Å². The van der Waals surface area contributed by atoms with Crippen LogP contribution in [0.3, 0.4) is 0 Å². The van der Waals surface area contributed by atoms with Crippen LogP contribution in [0.25, 0.3) is 22.0 Å². The van der Waals surface area contributed by atoms with Crippen molar-refractivity contribution in [1.82, 2.24) is 9.55 Å². The number of hydrogen-bond donors (Lipinski definition) is 1. The average molecular weight is 469 g/mol. The highest BCUT2D eigenvalue weighted by atomic mass is 35.5. The van der Waals surface area contributed by atoms with E-state index in [0.717, 1.165) is 17.4 Å². The van der Waals surface area contributed by atoms with Gasteiger partial charge < -0.3 is 14.4 Å². The third-order valence-corrected chi connectivity index (χ3v) is 5.51. The second-order valence-electron chi connectivity index (χ2n) is 7.12. The second-order valence-corrected chi connectivity index (χ2v) is 7.56. The minimum atomic E-state index is -1.14. The molecule has 0 bridgehead atoms. The highest BCUT2D eigenvalue weighted by Gasteiger charge is 2.27. The fourth-order valence-corrected chi connectivity index (χ4v) is 4.00. The molecule has 0 atom stereocenters. The lowest BCUT2D eigenvalue weighted by Crippen LogP contribution is -2.11. The van der Waals surface area contributed by atoms with Crippen molar-refractivity contribution in [2.45, 2.75) is 33.7 Å². The first-order chi connectivity index (χ1) is 15.9. The van der Waals surface area contributed by atoms with E-state index < -0.39 is 11.8 Å². The van der Waals surface area contributed by atoms with Gasteiger partial charge in [-0.05, 0) is 36.2 Å². The number of aromatic carboxylic acids is 1. The lowest BCUT2D eigenvalue weighted by Gasteiger charge is -2.11. The van der Waals surface area contributed by atoms with Gasteiger partial charge in [0.2, 0.25) is 5.88 Å². The normalized spacial score (nSPS) is 10.6. The van der Waals surface area contributed by atoms with Gasteiger partial charge in [-0.1, -0.05) is 56.6 Å². The number of benzene rings is 2. The van der Waals surface area contributed by atoms with Crippen LogP contribution in [0, 0.1) is 5.82 Å². The number of aromatic nitrogens is 2. The molecule has 0 saturated heterocycles. The Morgan fingerprint density at radius 2 is 1.91 bits per heavy atom. The lowest BCUT2D eigenvalue weighted by atomic mass is 10.0. The highest BCUT2D eigenvalue weighted by Crippen LogP contribution is 2.41. The van der Waals surface area contributed by atoms with Gasteiger partial charge in [0.1, 0.15) is 11.5 Å². The summed E-state index contributed by atoms with van der Waals surface area (Å²) in [7, 11) is 1.47. The van der Waals surface area contributed by atoms with Crippen molar-refractivity contribution < 1.29 is 19.0 Å². The summed E-state index contributed by atoms with van der Waals surface area (Å²) in [5, 5.41) is 11.3. The van der Waals surface area contributed by atoms with Crippen molar-refractivity contribution in [3.05, 3.63) is 82.4 Å². The van der Waals surface area contributed by atoms with Gasteiger partial charge in [0.05, 0.1) is 18.7 Å². The molecule has 5 nitrogen and oxygen atoms in total. The molecule has 0 amide bonds. The second kappa shape index (κ2) is 10.5. The molecule has 0 aliphatic carbocycles. The van der Waals surface area contributed by atoms with Crippen molar-refractivity contribution >= 4 is 28.5 Å². The molecule has 0 radical (unpaired) electrons. The summed E-state index contributed by atoms with van der Waals surface area (Å²) >= 11 is 6.20. The average Bonchev–Trinajstić information content (AvgIpc) is 3.15. The van der Waals surface area contributed by atoms with Crippen LogP contribution in [0.4, 0.5) is 4.39 Å². The Morgan fingerprint density at radius 3 is 2.55 bits per heavy atom. The number of carbonyl (C=O) groups is 1. The number of carboxylic acids is 1. The molecule has 0 unspecified atom stereocenters. The number of hydrogen-bond acceptors (Lipinski definition) is 3. The minimum Gasteiger partial charge on any atom is -0.481 e. The Morgan fingerprint density at radius 1 is 1.18 bits per heavy atom. The van der Waals surface area contributed by atoms with Gasteiger partial charge in [0.15, 0.2) is 0 Å². The molecule has 172 valence electrons. The summed E-state index contributed by atoms with van der Waals surface area (Å²) in [5.74, 6) is -1.27. The van der Waals surface area contributed by atoms with Crippen LogP contribution in [0.5, 0.6) is 5.88 Å². The maximum Gasteiger partial charge on any atom is 0.353 e. The largest absolute Gasteiger partial charge is 0.481 e. The molecule has 1 N–H and O–H groups in total. The zero-order chi connectivity index (χ0) is 24.1. The smallest absolute Gasteiger partial charge is 0.353 e. The fraction of sp³-hybridized carbons (Fsp3) is 0.231. The molecule has 4 rings (SSSR count). The van der Waals surface area contributed by atoms with Gasteiger partial charge in [-0.3, -0.25) is 0 Å². The van der Waals surface area contributed by atoms with Gasteiger partial charge in [0, 0.05) is 33.8 Å². The van der Waals surface area contributed by atoms with E-state index in [1.165, 1.54) is 19.4 Å². The zero-order valence-electron chi connectivity index (χ0n) is 19.0. The summed E-state index contributed by atoms with van der Waals surface area (Å²) in [5.41, 5.74) is 3.05. The molecule has 33 heavy (non-hydrogen) atoms. The zero-order valence-corrected chi connectivity index (χ0v) is 19.8. The Balaban J connectivity index is 0.00000149. The van der Waals surface area contributed by atoms with Crippen molar-refractivity contribution in [2.75, 3.05) is 7.11 Å². The fourth-order valence-electron chi connectivity index (χ4n) is 3.85. The van der Waals surface area contributed by atoms with E-state index in [0.29, 0.717) is 27.2 Å². The Bertz CT molecular complexity index is 1300. The maximum absolute atomic E-state index is 14.4. The molecule has 0 saturated carbocycles. The summed E-state index contributed by atoms with van der Waals surface area (Å²) in [6.45, 7) is 6.09. The Labute approximate surface area is 197 Å². The van der Waals surface area contributed by atoms with Crippen LogP contribution in [-0.4, -0.2) is 27.7 Å². The first kappa shape index (κ1) is 24.3. The number of rotatable bonds is 6. The van der Waals surface area contributed by atoms with Crippen LogP contribution in [0.15, 0.2) is 54.7 Å². The standard InChI is InChI=1S/C24H20ClFN2O3.C2H6/c1-3-14-8-9-20-17(10-14)21(18-11-16(25)12-27-23(18)31-2)22(24(29)30)28(20)13-15-6-4-5-7-19(15)26;1-2/h4-12H,3,13H2,1-2H3,(H,29,30);1-2H3. The quantitative estimate of drug-likeness (QED) is 0.336. The Kier molecular flexibility index (Phi) is 7.71. The number of methoxy groups -OCH3 is 1. The molecule has 4 aromatic rings. The van der Waals surface area contributed by atoms with Crippen LogP contribution < -0.4 is 4.74 Å². The van der Waals surface area contributed by atoms with Crippen LogP contribution in [0.2, 0.25) is 5.02 Å². The summed E-state index contributed by atoms with van der Waals surface area (Å²) in [6.07, 6.45) is 2.22. The summed E-state index contributed by atoms with van der Waals surface area (Å²) in [4.78, 5) is 16.7. The number of pyridine rings is 1. The van der Waals surface area contributed by atoms with E-state index in [2.05, 4.69) is 4.98 Å². The number of fused-ring (bicyclic) bond motifs is 1. The van der Waals surface area contributed by atoms with Crippen molar-refractivity contribution in [2.24, 2.45) is 0 Å². The molecule has 0 aliphatic heterocycles. The molecule has 0 fully saturated rings. The van der Waals surface area contributed by atoms with E-state index in [-0.39, 0.29) is 18.1 Å². The first-order valence-corrected chi connectivity index (χ1v) is 11.1. The van der Waals surface area contributed by atoms with E-state index in [1.54, 1.807) is 28.8 Å². The highest BCUT2D eigenvalue weighted by molar-refractivity contribution is 6.31. The van der Waals surface area contributed by atoms with Crippen molar-refractivity contribution in [3.63, 3.8) is 0 Å². The molecule has 7 heteroatoms. The molecule has 2 aromatic heterocycles. The number of carboxylic acid groups (broad SMARTS) is 1. The van der Waals surface area contributed by atoms with Gasteiger partial charge >= 0.3 is 5.97 Å². The number of nitrogens with zero attached hydrogens (tertiary/aromatic N) is 2. The van der Waals surface area contributed by atoms with E-state index in [4.69, 9.17) is 16.3 Å². The SMILES string of the molecule is CC.CCc1ccc2c(c1)c(-c1cc(Cl)cnc1OC)c(C(=O)O)n2Cc1ccccc1F. The van der Waals surface area contributed by atoms with Gasteiger partial charge in [-0.25, -0.2) is 14.2 Å². The van der Waals surface area contributed by atoms with Crippen LogP contribution in [-0.2, 0) is 13.0 Å². The number of aryl methyl sites for hydroxylation is 1. The first-order valence-electron chi connectivity index (χ1n) is 10.8. The summed E-state index contributed by atoms with van der Waals surface area (Å²) < 4.78 is 21.4. The van der Waals surface area contributed by atoms with Crippen molar-refractivity contribution in [1.29, 1.82) is 0 Å². The molecule has 0 spiro atoms. The maximum atomic E-state index is 14.4. The third-order valence-electron chi connectivity index (χ3n) is 5.31. The third kappa shape index (κ3) is 4.71. The van der Waals surface area contributed by atoms with E-state index in [1.807, 2.05) is 39.0 Å². The number of ether oxygens (including phenoxy) is 1. The van der Waals surface area contributed by atoms with Gasteiger partial charge in [-0.2, -0.15) is 0 Å². The minimum absolute atomic E-state index is 0.0221. The molecule has 0 aliphatic rings. The van der Waals surface area contributed by atoms with Crippen LogP contribution >= 0.6 is 11.6 Å². The topological polar surface area (TPSA) is 64.3 Å². The van der Waals surface area contributed by atoms with Gasteiger partial charge in [0.25, 0.3) is 0 Å². The predicted molar refractivity (Wildman–Crippen MR) is 130 cm³/mol. The molecule has 2 heterocycles. The van der Waals surface area contributed by atoms with E-state index in [9.17, 15) is 14.3 Å². The predicted octanol–water partition coefficient (Wildman–Crippen LogP) is 6.84.